The molecule has 3 rings (SSSR count). The minimum atomic E-state index is -2.86. The van der Waals surface area contributed by atoms with Crippen molar-refractivity contribution in [1.82, 2.24) is 16.0 Å². The first-order chi connectivity index (χ1) is 15.0. The lowest BCUT2D eigenvalue weighted by Crippen LogP contribution is -2.44. The molecule has 1 unspecified atom stereocenters. The molecular formula is C22H27F2N5O2. The number of alkyl halides is 2. The summed E-state index contributed by atoms with van der Waals surface area (Å²) in [6.45, 7) is -1.00. The van der Waals surface area contributed by atoms with Gasteiger partial charge >= 0.3 is 6.61 Å². The Morgan fingerprint density at radius 1 is 1.26 bits per heavy atom. The van der Waals surface area contributed by atoms with Crippen molar-refractivity contribution in [3.8, 4) is 5.75 Å². The van der Waals surface area contributed by atoms with Crippen LogP contribution in [0.2, 0.25) is 0 Å². The van der Waals surface area contributed by atoms with E-state index in [0.717, 1.165) is 12.0 Å². The fraction of sp³-hybridized carbons (Fsp3) is 0.364. The van der Waals surface area contributed by atoms with E-state index in [4.69, 9.17) is 0 Å². The Kier molecular flexibility index (Phi) is 7.64. The maximum Gasteiger partial charge on any atom is 0.387 e. The van der Waals surface area contributed by atoms with Crippen LogP contribution in [0.25, 0.3) is 0 Å². The number of benzene rings is 2. The minimum Gasteiger partial charge on any atom is -0.433 e. The van der Waals surface area contributed by atoms with Gasteiger partial charge in [-0.05, 0) is 36.2 Å². The van der Waals surface area contributed by atoms with Crippen molar-refractivity contribution in [2.45, 2.75) is 25.6 Å². The molecule has 3 N–H and O–H groups in total. The second kappa shape index (κ2) is 10.6. The second-order valence-electron chi connectivity index (χ2n) is 7.13. The average molecular weight is 431 g/mol. The third-order valence-electron chi connectivity index (χ3n) is 5.05. The van der Waals surface area contributed by atoms with E-state index in [-0.39, 0.29) is 17.7 Å². The Balaban J connectivity index is 1.56. The van der Waals surface area contributed by atoms with Crippen LogP contribution in [0.1, 0.15) is 22.3 Å². The number of carbonyl (C=O) groups is 1. The van der Waals surface area contributed by atoms with Gasteiger partial charge in [-0.3, -0.25) is 9.79 Å². The van der Waals surface area contributed by atoms with Crippen LogP contribution in [0, 0.1) is 0 Å². The van der Waals surface area contributed by atoms with E-state index in [0.29, 0.717) is 36.8 Å². The quantitative estimate of drug-likeness (QED) is 0.464. The van der Waals surface area contributed by atoms with E-state index in [9.17, 15) is 13.6 Å². The molecule has 31 heavy (non-hydrogen) atoms. The molecule has 2 aromatic rings. The smallest absolute Gasteiger partial charge is 0.387 e. The van der Waals surface area contributed by atoms with Gasteiger partial charge in [-0.25, -0.2) is 0 Å². The molecule has 1 amide bonds. The van der Waals surface area contributed by atoms with Gasteiger partial charge in [0.25, 0.3) is 5.91 Å². The van der Waals surface area contributed by atoms with Crippen molar-refractivity contribution >= 4 is 17.6 Å². The fourth-order valence-corrected chi connectivity index (χ4v) is 3.55. The molecule has 1 aliphatic rings. The number of halogens is 2. The molecule has 0 bridgehead atoms. The molecule has 0 aromatic heterocycles. The molecule has 1 saturated heterocycles. The summed E-state index contributed by atoms with van der Waals surface area (Å²) in [5.74, 6) is 0.678. The summed E-state index contributed by atoms with van der Waals surface area (Å²) in [5, 5.41) is 9.24. The van der Waals surface area contributed by atoms with Gasteiger partial charge in [-0.1, -0.05) is 24.3 Å². The number of hydrogen-bond donors (Lipinski definition) is 3. The molecule has 9 heteroatoms. The summed E-state index contributed by atoms with van der Waals surface area (Å²) in [6, 6.07) is 14.3. The molecule has 1 heterocycles. The van der Waals surface area contributed by atoms with Crippen LogP contribution in [-0.2, 0) is 6.54 Å². The van der Waals surface area contributed by atoms with Gasteiger partial charge in [0.05, 0.1) is 5.69 Å². The number of guanidine groups is 1. The van der Waals surface area contributed by atoms with Crippen molar-refractivity contribution in [3.05, 3.63) is 59.7 Å². The second-order valence-corrected chi connectivity index (χ2v) is 7.13. The molecule has 2 aromatic carbocycles. The number of nitrogens with one attached hydrogen (secondary N) is 3. The third-order valence-corrected chi connectivity index (χ3v) is 5.05. The first-order valence-corrected chi connectivity index (χ1v) is 10.1. The summed E-state index contributed by atoms with van der Waals surface area (Å²) >= 11 is 0. The predicted octanol–water partition coefficient (Wildman–Crippen LogP) is 2.59. The number of carbonyl (C=O) groups excluding carboxylic acids is 1. The van der Waals surface area contributed by atoms with E-state index in [1.54, 1.807) is 38.4 Å². The Labute approximate surface area is 180 Å². The fourth-order valence-electron chi connectivity index (χ4n) is 3.55. The van der Waals surface area contributed by atoms with Crippen LogP contribution in [0.4, 0.5) is 14.5 Å². The normalized spacial score (nSPS) is 16.4. The molecule has 1 aliphatic heterocycles. The van der Waals surface area contributed by atoms with Crippen LogP contribution in [0.3, 0.4) is 0 Å². The highest BCUT2D eigenvalue weighted by molar-refractivity contribution is 5.94. The maximum atomic E-state index is 12.7. The average Bonchev–Trinajstić information content (AvgIpc) is 3.24. The number of rotatable bonds is 7. The highest BCUT2D eigenvalue weighted by atomic mass is 19.3. The largest absolute Gasteiger partial charge is 0.433 e. The summed E-state index contributed by atoms with van der Waals surface area (Å²) in [7, 11) is 3.29. The molecule has 1 atom stereocenters. The zero-order valence-corrected chi connectivity index (χ0v) is 17.6. The molecule has 0 spiro atoms. The topological polar surface area (TPSA) is 78.0 Å². The number of hydrogen-bond acceptors (Lipinski definition) is 4. The van der Waals surface area contributed by atoms with Crippen LogP contribution in [0.15, 0.2) is 53.5 Å². The van der Waals surface area contributed by atoms with Gasteiger partial charge in [0.1, 0.15) is 5.75 Å². The molecular weight excluding hydrogens is 404 g/mol. The van der Waals surface area contributed by atoms with Crippen molar-refractivity contribution in [2.24, 2.45) is 4.99 Å². The van der Waals surface area contributed by atoms with Gasteiger partial charge in [0.2, 0.25) is 0 Å². The first-order valence-electron chi connectivity index (χ1n) is 10.1. The SMILES string of the molecule is CN=C(NCc1cccc(C(=O)NC)c1)NC1CCN(c2ccccc2OC(F)F)C1. The summed E-state index contributed by atoms with van der Waals surface area (Å²) in [6.07, 6.45) is 0.829. The van der Waals surface area contributed by atoms with E-state index < -0.39 is 6.61 Å². The third kappa shape index (κ3) is 6.07. The van der Waals surface area contributed by atoms with Gasteiger partial charge < -0.3 is 25.6 Å². The lowest BCUT2D eigenvalue weighted by Gasteiger charge is -2.22. The predicted molar refractivity (Wildman–Crippen MR) is 117 cm³/mol. The Morgan fingerprint density at radius 2 is 2.06 bits per heavy atom. The lowest BCUT2D eigenvalue weighted by atomic mass is 10.1. The van der Waals surface area contributed by atoms with Crippen molar-refractivity contribution in [1.29, 1.82) is 0 Å². The number of para-hydroxylation sites is 2. The monoisotopic (exact) mass is 431 g/mol. The number of anilines is 1. The Bertz CT molecular complexity index is 922. The molecule has 0 saturated carbocycles. The molecule has 0 radical (unpaired) electrons. The van der Waals surface area contributed by atoms with Gasteiger partial charge in [0.15, 0.2) is 5.96 Å². The summed E-state index contributed by atoms with van der Waals surface area (Å²) in [5.41, 5.74) is 2.21. The summed E-state index contributed by atoms with van der Waals surface area (Å²) < 4.78 is 30.1. The number of nitrogens with zero attached hydrogens (tertiary/aromatic N) is 2. The standard InChI is InChI=1S/C22H27F2N5O2/c1-25-20(30)16-7-5-6-15(12-16)13-27-22(26-2)28-17-10-11-29(14-17)18-8-3-4-9-19(18)31-21(23)24/h3-9,12,17,21H,10-11,13-14H2,1-2H3,(H,25,30)(H2,26,27,28). The first kappa shape index (κ1) is 22.3. The van der Waals surface area contributed by atoms with Crippen molar-refractivity contribution in [2.75, 3.05) is 32.1 Å². The van der Waals surface area contributed by atoms with E-state index in [1.807, 2.05) is 29.2 Å². The van der Waals surface area contributed by atoms with Crippen molar-refractivity contribution in [3.63, 3.8) is 0 Å². The van der Waals surface area contributed by atoms with E-state index >= 15 is 0 Å². The van der Waals surface area contributed by atoms with E-state index in [1.165, 1.54) is 0 Å². The van der Waals surface area contributed by atoms with Crippen LogP contribution >= 0.6 is 0 Å². The van der Waals surface area contributed by atoms with Crippen LogP contribution in [-0.4, -0.2) is 51.7 Å². The molecule has 166 valence electrons. The number of aliphatic imine (C=N–C) groups is 1. The zero-order chi connectivity index (χ0) is 22.2. The Morgan fingerprint density at radius 3 is 2.81 bits per heavy atom. The van der Waals surface area contributed by atoms with Gasteiger partial charge in [-0.15, -0.1) is 0 Å². The zero-order valence-electron chi connectivity index (χ0n) is 17.6. The number of amides is 1. The lowest BCUT2D eigenvalue weighted by molar-refractivity contribution is -0.0495. The minimum absolute atomic E-state index is 0.100. The van der Waals surface area contributed by atoms with E-state index in [2.05, 4.69) is 25.7 Å². The number of ether oxygens (including phenoxy) is 1. The Hall–Kier alpha value is -3.36. The van der Waals surface area contributed by atoms with Crippen molar-refractivity contribution < 1.29 is 18.3 Å². The van der Waals surface area contributed by atoms with Gasteiger partial charge in [-0.2, -0.15) is 8.78 Å². The van der Waals surface area contributed by atoms with Crippen LogP contribution in [0.5, 0.6) is 5.75 Å². The molecule has 7 nitrogen and oxygen atoms in total. The molecule has 1 fully saturated rings. The summed E-state index contributed by atoms with van der Waals surface area (Å²) in [4.78, 5) is 18.1. The van der Waals surface area contributed by atoms with Gasteiger partial charge in [0, 0.05) is 45.3 Å². The highest BCUT2D eigenvalue weighted by Crippen LogP contribution is 2.31. The highest BCUT2D eigenvalue weighted by Gasteiger charge is 2.26. The molecule has 0 aliphatic carbocycles. The van der Waals surface area contributed by atoms with Crippen LogP contribution < -0.4 is 25.6 Å². The maximum absolute atomic E-state index is 12.7.